The van der Waals surface area contributed by atoms with Crippen molar-refractivity contribution in [3.05, 3.63) is 188 Å². The van der Waals surface area contributed by atoms with Crippen LogP contribution in [0.15, 0.2) is 188 Å². The summed E-state index contributed by atoms with van der Waals surface area (Å²) in [5.74, 6) is 0. The fourth-order valence-corrected chi connectivity index (χ4v) is 11.2. The lowest BCUT2D eigenvalue weighted by Crippen LogP contribution is -2.26. The van der Waals surface area contributed by atoms with E-state index in [0.29, 0.717) is 0 Å². The first-order valence-electron chi connectivity index (χ1n) is 17.1. The van der Waals surface area contributed by atoms with Gasteiger partial charge in [-0.15, -0.1) is 0 Å². The molecule has 50 heavy (non-hydrogen) atoms. The van der Waals surface area contributed by atoms with Crippen LogP contribution in [0.25, 0.3) is 75.8 Å². The van der Waals surface area contributed by atoms with Gasteiger partial charge in [-0.25, -0.2) is 0 Å². The molecule has 0 aliphatic carbocycles. The summed E-state index contributed by atoms with van der Waals surface area (Å²) < 4.78 is 16.2. The minimum Gasteiger partial charge on any atom is -0.309 e. The van der Waals surface area contributed by atoms with Crippen molar-refractivity contribution in [3.8, 4) is 11.1 Å². The van der Waals surface area contributed by atoms with Crippen molar-refractivity contribution in [2.45, 2.75) is 0 Å². The summed E-state index contributed by atoms with van der Waals surface area (Å²) in [6, 6.07) is 66.3. The second-order valence-corrected chi connectivity index (χ2v) is 15.9. The van der Waals surface area contributed by atoms with Gasteiger partial charge < -0.3 is 4.57 Å². The first-order chi connectivity index (χ1) is 24.7. The van der Waals surface area contributed by atoms with Crippen LogP contribution in [0.1, 0.15) is 0 Å². The third kappa shape index (κ3) is 4.31. The third-order valence-electron chi connectivity index (χ3n) is 10.5. The predicted octanol–water partition coefficient (Wildman–Crippen LogP) is 11.9. The average Bonchev–Trinajstić information content (AvgIpc) is 3.19. The van der Waals surface area contributed by atoms with E-state index >= 15 is 4.57 Å². The van der Waals surface area contributed by atoms with E-state index in [1.807, 2.05) is 36.4 Å². The number of rotatable bonds is 4. The van der Waals surface area contributed by atoms with Crippen molar-refractivity contribution in [1.82, 2.24) is 0 Å². The molecule has 10 aromatic carbocycles. The highest BCUT2D eigenvalue weighted by atomic mass is 31.2. The Morgan fingerprint density at radius 3 is 1.18 bits per heavy atom. The molecule has 0 aliphatic rings. The molecule has 0 aliphatic heterocycles. The maximum atomic E-state index is 16.2. The zero-order valence-electron chi connectivity index (χ0n) is 27.3. The Kier molecular flexibility index (Phi) is 6.53. The number of fused-ring (bicyclic) bond motifs is 8. The van der Waals surface area contributed by atoms with E-state index in [-0.39, 0.29) is 0 Å². The molecule has 0 amide bonds. The zero-order chi connectivity index (χ0) is 33.2. The second kappa shape index (κ2) is 11.3. The maximum Gasteiger partial charge on any atom is 0.172 e. The lowest BCUT2D eigenvalue weighted by Gasteiger charge is -2.24. The van der Waals surface area contributed by atoms with Crippen molar-refractivity contribution in [3.63, 3.8) is 0 Å². The van der Waals surface area contributed by atoms with Crippen LogP contribution in [0.3, 0.4) is 0 Å². The number of hydrogen-bond acceptors (Lipinski definition) is 1. The molecular formula is C48H31OP. The number of benzene rings is 10. The Morgan fingerprint density at radius 2 is 0.700 bits per heavy atom. The summed E-state index contributed by atoms with van der Waals surface area (Å²) in [5.41, 5.74) is 2.31. The first kappa shape index (κ1) is 29.0. The molecule has 0 spiro atoms. The molecule has 0 saturated carbocycles. The highest BCUT2D eigenvalue weighted by molar-refractivity contribution is 7.86. The SMILES string of the molecule is O=P(c1ccc(-c2c3ccc4ccccc4c3cc3c2ccc2ccccc23)cc1)(c1cccc2ccccc12)c1cccc2ccccc12. The minimum absolute atomic E-state index is 0.828. The topological polar surface area (TPSA) is 17.1 Å². The quantitative estimate of drug-likeness (QED) is 0.105. The fraction of sp³-hybridized carbons (Fsp3) is 0. The van der Waals surface area contributed by atoms with Gasteiger partial charge in [0.25, 0.3) is 0 Å². The molecule has 0 saturated heterocycles. The van der Waals surface area contributed by atoms with E-state index in [1.165, 1.54) is 48.7 Å². The summed E-state index contributed by atoms with van der Waals surface area (Å²) in [7, 11) is -3.34. The first-order valence-corrected chi connectivity index (χ1v) is 18.8. The fourth-order valence-electron chi connectivity index (χ4n) is 8.15. The second-order valence-electron chi connectivity index (χ2n) is 13.2. The molecule has 1 nitrogen and oxygen atoms in total. The lowest BCUT2D eigenvalue weighted by molar-refractivity contribution is 0.593. The van der Waals surface area contributed by atoms with Crippen LogP contribution in [0, 0.1) is 0 Å². The van der Waals surface area contributed by atoms with Crippen molar-refractivity contribution in [1.29, 1.82) is 0 Å². The van der Waals surface area contributed by atoms with Crippen LogP contribution in [-0.2, 0) is 4.57 Å². The monoisotopic (exact) mass is 654 g/mol. The molecule has 0 aromatic heterocycles. The van der Waals surface area contributed by atoms with Gasteiger partial charge in [-0.1, -0.05) is 182 Å². The van der Waals surface area contributed by atoms with E-state index in [2.05, 4.69) is 152 Å². The molecule has 0 N–H and O–H groups in total. The van der Waals surface area contributed by atoms with E-state index < -0.39 is 7.14 Å². The molecule has 0 fully saturated rings. The Morgan fingerprint density at radius 1 is 0.300 bits per heavy atom. The van der Waals surface area contributed by atoms with Crippen LogP contribution in [0.2, 0.25) is 0 Å². The molecule has 10 rings (SSSR count). The largest absolute Gasteiger partial charge is 0.309 e. The smallest absolute Gasteiger partial charge is 0.172 e. The van der Waals surface area contributed by atoms with Gasteiger partial charge in [0.1, 0.15) is 0 Å². The van der Waals surface area contributed by atoms with E-state index in [4.69, 9.17) is 0 Å². The van der Waals surface area contributed by atoms with Crippen molar-refractivity contribution in [2.75, 3.05) is 0 Å². The maximum absolute atomic E-state index is 16.2. The van der Waals surface area contributed by atoms with Gasteiger partial charge in [-0.05, 0) is 81.8 Å². The third-order valence-corrected chi connectivity index (χ3v) is 13.7. The number of hydrogen-bond donors (Lipinski definition) is 0. The van der Waals surface area contributed by atoms with Crippen LogP contribution in [-0.4, -0.2) is 0 Å². The highest BCUT2D eigenvalue weighted by Crippen LogP contribution is 2.47. The van der Waals surface area contributed by atoms with Crippen molar-refractivity contribution in [2.24, 2.45) is 0 Å². The van der Waals surface area contributed by atoms with Crippen LogP contribution in [0.4, 0.5) is 0 Å². The molecular weight excluding hydrogens is 624 g/mol. The van der Waals surface area contributed by atoms with Gasteiger partial charge in [0.15, 0.2) is 7.14 Å². The summed E-state index contributed by atoms with van der Waals surface area (Å²) in [5, 5.41) is 16.6. The zero-order valence-corrected chi connectivity index (χ0v) is 28.1. The van der Waals surface area contributed by atoms with Crippen molar-refractivity contribution >= 4 is 87.7 Å². The molecule has 10 aromatic rings. The predicted molar refractivity (Wildman–Crippen MR) is 216 cm³/mol. The van der Waals surface area contributed by atoms with Crippen LogP contribution >= 0.6 is 7.14 Å². The summed E-state index contributed by atoms with van der Waals surface area (Å²) >= 11 is 0. The normalized spacial score (nSPS) is 12.1. The van der Waals surface area contributed by atoms with Gasteiger partial charge in [0.05, 0.1) is 0 Å². The Hall–Kier alpha value is -6.01. The van der Waals surface area contributed by atoms with Gasteiger partial charge >= 0.3 is 0 Å². The highest BCUT2D eigenvalue weighted by Gasteiger charge is 2.33. The Bertz CT molecular complexity index is 2820. The lowest BCUT2D eigenvalue weighted by atomic mass is 9.88. The van der Waals surface area contributed by atoms with Gasteiger partial charge in [0.2, 0.25) is 0 Å². The Balaban J connectivity index is 1.26. The molecule has 0 atom stereocenters. The summed E-state index contributed by atoms with van der Waals surface area (Å²) in [6.45, 7) is 0. The average molecular weight is 655 g/mol. The van der Waals surface area contributed by atoms with E-state index in [0.717, 1.165) is 43.0 Å². The van der Waals surface area contributed by atoms with E-state index in [9.17, 15) is 0 Å². The van der Waals surface area contributed by atoms with Gasteiger partial charge in [-0.2, -0.15) is 0 Å². The van der Waals surface area contributed by atoms with Crippen LogP contribution in [0.5, 0.6) is 0 Å². The van der Waals surface area contributed by atoms with Crippen molar-refractivity contribution < 1.29 is 4.57 Å². The minimum atomic E-state index is -3.34. The van der Waals surface area contributed by atoms with Gasteiger partial charge in [0, 0.05) is 15.9 Å². The Labute approximate surface area is 290 Å². The molecule has 0 radical (unpaired) electrons. The molecule has 2 heteroatoms. The molecule has 0 bridgehead atoms. The molecule has 0 unspecified atom stereocenters. The summed E-state index contributed by atoms with van der Waals surface area (Å²) in [4.78, 5) is 0. The van der Waals surface area contributed by atoms with E-state index in [1.54, 1.807) is 0 Å². The summed E-state index contributed by atoms with van der Waals surface area (Å²) in [6.07, 6.45) is 0. The molecule has 234 valence electrons. The van der Waals surface area contributed by atoms with Crippen LogP contribution < -0.4 is 15.9 Å². The standard InChI is InChI=1S/C48H31OP/c49-50(46-21-9-15-32-11-3-7-19-40(32)46,47-22-10-16-33-12-4-8-20-41(33)47)37-27-23-36(24-28-37)48-42-29-25-34-13-1-5-17-38(34)44(42)31-45-39-18-6-2-14-35(39)26-30-43(45)48/h1-31H. The van der Waals surface area contributed by atoms with Gasteiger partial charge in [-0.3, -0.25) is 0 Å². The molecule has 0 heterocycles.